The second-order valence-corrected chi connectivity index (χ2v) is 8.03. The molecule has 2 aromatic rings. The summed E-state index contributed by atoms with van der Waals surface area (Å²) in [5, 5.41) is 7.41. The van der Waals surface area contributed by atoms with Gasteiger partial charge in [-0.15, -0.1) is 0 Å². The van der Waals surface area contributed by atoms with Gasteiger partial charge in [-0.2, -0.15) is 5.10 Å². The number of halogens is 2. The summed E-state index contributed by atoms with van der Waals surface area (Å²) >= 11 is 3.20. The van der Waals surface area contributed by atoms with Gasteiger partial charge in [0.15, 0.2) is 16.3 Å². The molecule has 1 aliphatic carbocycles. The largest absolute Gasteiger partial charge is 0.444 e. The van der Waals surface area contributed by atoms with Gasteiger partial charge < -0.3 is 9.32 Å². The van der Waals surface area contributed by atoms with E-state index in [0.29, 0.717) is 29.5 Å². The fourth-order valence-electron chi connectivity index (χ4n) is 4.09. The lowest BCUT2D eigenvalue weighted by atomic mass is 9.89. The maximum absolute atomic E-state index is 13.6. The van der Waals surface area contributed by atoms with Gasteiger partial charge in [0.2, 0.25) is 0 Å². The minimum Gasteiger partial charge on any atom is -0.444 e. The number of carbonyl (C=O) groups excluding carboxylic acids is 1. The lowest BCUT2D eigenvalue weighted by Crippen LogP contribution is -2.28. The first-order valence-electron chi connectivity index (χ1n) is 9.18. The van der Waals surface area contributed by atoms with Crippen LogP contribution >= 0.6 is 15.9 Å². The normalized spacial score (nSPS) is 24.3. The van der Waals surface area contributed by atoms with Crippen LogP contribution in [0.5, 0.6) is 0 Å². The molecular weight excluding hydrogens is 403 g/mol. The van der Waals surface area contributed by atoms with Crippen LogP contribution in [0.15, 0.2) is 21.2 Å². The van der Waals surface area contributed by atoms with E-state index >= 15 is 0 Å². The second kappa shape index (κ2) is 7.50. The van der Waals surface area contributed by atoms with E-state index in [2.05, 4.69) is 31.1 Å². The zero-order valence-corrected chi connectivity index (χ0v) is 16.0. The van der Waals surface area contributed by atoms with Crippen molar-refractivity contribution in [1.82, 2.24) is 20.1 Å². The number of carbonyl (C=O) groups is 1. The highest BCUT2D eigenvalue weighted by Crippen LogP contribution is 2.35. The Morgan fingerprint density at radius 1 is 1.31 bits per heavy atom. The molecule has 1 saturated carbocycles. The number of aromatic amines is 1. The summed E-state index contributed by atoms with van der Waals surface area (Å²) in [5.74, 6) is 1.55. The molecule has 0 bridgehead atoms. The number of amides is 1. The highest BCUT2D eigenvalue weighted by atomic mass is 79.9. The molecule has 26 heavy (non-hydrogen) atoms. The number of nitrogens with zero attached hydrogens (tertiary/aromatic N) is 3. The topological polar surface area (TPSA) is 75.0 Å². The molecule has 1 amide bonds. The third-order valence-electron chi connectivity index (χ3n) is 5.55. The summed E-state index contributed by atoms with van der Waals surface area (Å²) in [6.45, 7) is 0.290. The quantitative estimate of drug-likeness (QED) is 0.803. The fraction of sp³-hybridized carbons (Fsp3) is 0.611. The summed E-state index contributed by atoms with van der Waals surface area (Å²) in [7, 11) is 0. The molecule has 3 heterocycles. The van der Waals surface area contributed by atoms with Gasteiger partial charge in [0.1, 0.15) is 5.82 Å². The summed E-state index contributed by atoms with van der Waals surface area (Å²) in [4.78, 5) is 18.9. The van der Waals surface area contributed by atoms with Crippen molar-refractivity contribution >= 4 is 21.8 Å². The van der Waals surface area contributed by atoms with Crippen LogP contribution in [0.4, 0.5) is 4.39 Å². The van der Waals surface area contributed by atoms with Gasteiger partial charge in [0.05, 0.1) is 6.67 Å². The van der Waals surface area contributed by atoms with Crippen LogP contribution in [0.3, 0.4) is 0 Å². The van der Waals surface area contributed by atoms with Gasteiger partial charge in [-0.25, -0.2) is 4.98 Å². The van der Waals surface area contributed by atoms with E-state index in [1.165, 1.54) is 19.3 Å². The molecule has 6 nitrogen and oxygen atoms in total. The van der Waals surface area contributed by atoms with Crippen LogP contribution in [0.1, 0.15) is 66.1 Å². The Bertz CT molecular complexity index is 771. The number of hydrogen-bond donors (Lipinski definition) is 1. The Hall–Kier alpha value is -1.70. The number of furan rings is 1. The Balaban J connectivity index is 1.49. The molecule has 1 N–H and O–H groups in total. The van der Waals surface area contributed by atoms with Crippen molar-refractivity contribution < 1.29 is 13.6 Å². The molecule has 0 aromatic carbocycles. The van der Waals surface area contributed by atoms with E-state index in [4.69, 9.17) is 4.42 Å². The van der Waals surface area contributed by atoms with Gasteiger partial charge in [0.25, 0.3) is 5.91 Å². The summed E-state index contributed by atoms with van der Waals surface area (Å²) in [5.41, 5.74) is 0. The average molecular weight is 425 g/mol. The molecule has 1 aliphatic heterocycles. The molecule has 2 aliphatic rings. The minimum absolute atomic E-state index is 0.160. The van der Waals surface area contributed by atoms with Crippen LogP contribution in [-0.2, 0) is 0 Å². The lowest BCUT2D eigenvalue weighted by Gasteiger charge is -2.18. The molecule has 2 atom stereocenters. The summed E-state index contributed by atoms with van der Waals surface area (Å²) in [6, 6.07) is 3.31. The number of likely N-dealkylation sites (tertiary alicyclic amines) is 1. The van der Waals surface area contributed by atoms with Gasteiger partial charge in [0, 0.05) is 30.8 Å². The van der Waals surface area contributed by atoms with E-state index < -0.39 is 6.67 Å². The Morgan fingerprint density at radius 3 is 2.81 bits per heavy atom. The zero-order valence-electron chi connectivity index (χ0n) is 14.5. The van der Waals surface area contributed by atoms with Crippen molar-refractivity contribution in [2.45, 2.75) is 43.9 Å². The molecule has 2 aromatic heterocycles. The summed E-state index contributed by atoms with van der Waals surface area (Å²) in [6.07, 6.45) is 5.94. The van der Waals surface area contributed by atoms with Crippen LogP contribution in [0.25, 0.3) is 0 Å². The van der Waals surface area contributed by atoms with Crippen molar-refractivity contribution in [3.63, 3.8) is 0 Å². The van der Waals surface area contributed by atoms with E-state index in [9.17, 15) is 9.18 Å². The third kappa shape index (κ3) is 3.43. The predicted molar refractivity (Wildman–Crippen MR) is 96.7 cm³/mol. The van der Waals surface area contributed by atoms with Crippen LogP contribution in [-0.4, -0.2) is 45.8 Å². The molecule has 0 spiro atoms. The smallest absolute Gasteiger partial charge is 0.289 e. The molecule has 8 heteroatoms. The SMILES string of the molecule is O=C(c1ccc(Br)o1)N1CC(CF)C(c2nc(C3CCCCC3)n[nH]2)C1. The van der Waals surface area contributed by atoms with Crippen LogP contribution < -0.4 is 0 Å². The highest BCUT2D eigenvalue weighted by Gasteiger charge is 2.39. The van der Waals surface area contributed by atoms with Crippen LogP contribution in [0.2, 0.25) is 0 Å². The predicted octanol–water partition coefficient (Wildman–Crippen LogP) is 4.03. The third-order valence-corrected chi connectivity index (χ3v) is 5.98. The number of H-pyrrole nitrogens is 1. The first-order chi connectivity index (χ1) is 12.7. The molecule has 4 rings (SSSR count). The number of hydrogen-bond acceptors (Lipinski definition) is 4. The molecule has 0 radical (unpaired) electrons. The van der Waals surface area contributed by atoms with Gasteiger partial charge in [-0.1, -0.05) is 19.3 Å². The molecule has 2 fully saturated rings. The zero-order chi connectivity index (χ0) is 18.1. The maximum Gasteiger partial charge on any atom is 0.289 e. The minimum atomic E-state index is -0.490. The molecule has 2 unspecified atom stereocenters. The van der Waals surface area contributed by atoms with Crippen molar-refractivity contribution in [2.24, 2.45) is 5.92 Å². The van der Waals surface area contributed by atoms with E-state index in [1.807, 2.05) is 0 Å². The Kier molecular flexibility index (Phi) is 5.11. The van der Waals surface area contributed by atoms with Gasteiger partial charge in [-0.05, 0) is 40.9 Å². The Labute approximate surface area is 159 Å². The molecule has 1 saturated heterocycles. The maximum atomic E-state index is 13.6. The Morgan fingerprint density at radius 2 is 2.12 bits per heavy atom. The van der Waals surface area contributed by atoms with E-state index in [1.54, 1.807) is 17.0 Å². The van der Waals surface area contributed by atoms with Crippen molar-refractivity contribution in [3.8, 4) is 0 Å². The number of aromatic nitrogens is 3. The summed E-state index contributed by atoms with van der Waals surface area (Å²) < 4.78 is 19.5. The fourth-order valence-corrected chi connectivity index (χ4v) is 4.39. The average Bonchev–Trinajstić information content (AvgIpc) is 3.40. The van der Waals surface area contributed by atoms with Crippen LogP contribution in [0, 0.1) is 5.92 Å². The second-order valence-electron chi connectivity index (χ2n) is 7.25. The van der Waals surface area contributed by atoms with Crippen molar-refractivity contribution in [2.75, 3.05) is 19.8 Å². The molecule has 140 valence electrons. The standard InChI is InChI=1S/C18H22BrFN4O2/c19-15-7-6-14(26-15)18(25)24-9-12(8-20)13(10-24)17-21-16(22-23-17)11-4-2-1-3-5-11/h6-7,11-13H,1-5,8-10H2,(H,21,22,23). The monoisotopic (exact) mass is 424 g/mol. The number of nitrogens with one attached hydrogen (secondary N) is 1. The number of alkyl halides is 1. The highest BCUT2D eigenvalue weighted by molar-refractivity contribution is 9.10. The first kappa shape index (κ1) is 17.7. The lowest BCUT2D eigenvalue weighted by molar-refractivity contribution is 0.0751. The van der Waals surface area contributed by atoms with E-state index in [0.717, 1.165) is 18.7 Å². The first-order valence-corrected chi connectivity index (χ1v) is 9.97. The van der Waals surface area contributed by atoms with Gasteiger partial charge in [-0.3, -0.25) is 14.3 Å². The van der Waals surface area contributed by atoms with E-state index in [-0.39, 0.29) is 23.5 Å². The molecular formula is C18H22BrFN4O2. The van der Waals surface area contributed by atoms with Crippen molar-refractivity contribution in [1.29, 1.82) is 0 Å². The van der Waals surface area contributed by atoms with Crippen molar-refractivity contribution in [3.05, 3.63) is 34.2 Å². The number of rotatable bonds is 4. The van der Waals surface area contributed by atoms with Gasteiger partial charge >= 0.3 is 0 Å².